The molecule has 24 heavy (non-hydrogen) atoms. The van der Waals surface area contributed by atoms with Crippen LogP contribution in [0.1, 0.15) is 11.1 Å². The molecule has 0 bridgehead atoms. The maximum atomic E-state index is 12.9. The first-order valence-electron chi connectivity index (χ1n) is 7.44. The number of carbonyl (C=O) groups is 1. The Kier molecular flexibility index (Phi) is 5.62. The maximum absolute atomic E-state index is 12.9. The number of hydrogen-bond acceptors (Lipinski definition) is 3. The first-order chi connectivity index (χ1) is 11.1. The summed E-state index contributed by atoms with van der Waals surface area (Å²) >= 11 is 6.35. The number of nitrogen functional groups attached to an aromatic ring is 1. The third kappa shape index (κ3) is 4.75. The Morgan fingerprint density at radius 2 is 2.00 bits per heavy atom. The standard InChI is InChI=1S/C15H20ClF3N3O2/c1-22(16,10-13(23)21-5-7-24-8-6-21)9-11-3-2-4-12(14(11)20)15(17,18)19/h2-4H,5-10,20H2,1H3/q+1. The molecular weight excluding hydrogens is 347 g/mol. The first kappa shape index (κ1) is 18.8. The molecule has 1 aromatic rings. The van der Waals surface area contributed by atoms with Gasteiger partial charge in [-0.2, -0.15) is 13.2 Å². The first-order valence-corrected chi connectivity index (χ1v) is 7.78. The number of carbonyl (C=O) groups excluding carboxylic acids is 1. The highest BCUT2D eigenvalue weighted by molar-refractivity contribution is 6.07. The van der Waals surface area contributed by atoms with Crippen LogP contribution in [0.5, 0.6) is 0 Å². The van der Waals surface area contributed by atoms with E-state index in [1.54, 1.807) is 11.9 Å². The van der Waals surface area contributed by atoms with Crippen molar-refractivity contribution >= 4 is 23.4 Å². The van der Waals surface area contributed by atoms with E-state index in [0.717, 1.165) is 6.07 Å². The number of nitrogens with zero attached hydrogens (tertiary/aromatic N) is 2. The summed E-state index contributed by atoms with van der Waals surface area (Å²) in [6.45, 7) is 1.88. The molecule has 0 aliphatic carbocycles. The lowest BCUT2D eigenvalue weighted by Gasteiger charge is -2.31. The number of benzene rings is 1. The summed E-state index contributed by atoms with van der Waals surface area (Å²) in [6, 6.07) is 3.70. The average molecular weight is 367 g/mol. The molecule has 0 radical (unpaired) electrons. The molecule has 1 amide bonds. The summed E-state index contributed by atoms with van der Waals surface area (Å²) in [5, 5.41) is 0. The number of ether oxygens (including phenoxy) is 1. The van der Waals surface area contributed by atoms with Crippen molar-refractivity contribution in [3.05, 3.63) is 29.3 Å². The van der Waals surface area contributed by atoms with Crippen LogP contribution in [0.4, 0.5) is 18.9 Å². The number of para-hydroxylation sites is 1. The van der Waals surface area contributed by atoms with Crippen LogP contribution < -0.4 is 5.73 Å². The fourth-order valence-electron chi connectivity index (χ4n) is 2.60. The van der Waals surface area contributed by atoms with Crippen molar-refractivity contribution < 1.29 is 26.7 Å². The van der Waals surface area contributed by atoms with Crippen molar-refractivity contribution in [1.29, 1.82) is 0 Å². The molecule has 1 aliphatic heterocycles. The smallest absolute Gasteiger partial charge is 0.398 e. The van der Waals surface area contributed by atoms with Gasteiger partial charge >= 0.3 is 6.18 Å². The number of amides is 1. The van der Waals surface area contributed by atoms with Crippen molar-refractivity contribution in [2.24, 2.45) is 0 Å². The molecule has 0 saturated carbocycles. The van der Waals surface area contributed by atoms with Gasteiger partial charge in [0.15, 0.2) is 18.3 Å². The van der Waals surface area contributed by atoms with Crippen LogP contribution in [0.25, 0.3) is 0 Å². The molecule has 1 heterocycles. The quantitative estimate of drug-likeness (QED) is 0.657. The molecule has 0 spiro atoms. The van der Waals surface area contributed by atoms with E-state index < -0.39 is 11.7 Å². The highest BCUT2D eigenvalue weighted by Crippen LogP contribution is 2.36. The van der Waals surface area contributed by atoms with E-state index in [2.05, 4.69) is 0 Å². The molecule has 134 valence electrons. The van der Waals surface area contributed by atoms with E-state index in [-0.39, 0.29) is 34.2 Å². The SMILES string of the molecule is C[N+](Cl)(CC(=O)N1CCOCC1)Cc1cccc(C(F)(F)F)c1N. The number of halogens is 4. The van der Waals surface area contributed by atoms with Gasteiger partial charge in [-0.15, -0.1) is 0 Å². The minimum atomic E-state index is -4.53. The minimum absolute atomic E-state index is 0.00733. The molecule has 2 N–H and O–H groups in total. The number of quaternary nitrogens is 1. The molecule has 1 aliphatic rings. The van der Waals surface area contributed by atoms with Gasteiger partial charge in [0.25, 0.3) is 5.91 Å². The zero-order valence-electron chi connectivity index (χ0n) is 13.3. The number of morpholine rings is 1. The Hall–Kier alpha value is -1.51. The van der Waals surface area contributed by atoms with Crippen LogP contribution in [0, 0.1) is 0 Å². The number of alkyl halides is 3. The zero-order valence-corrected chi connectivity index (χ0v) is 14.0. The molecular formula is C15H20ClF3N3O2+. The molecule has 1 unspecified atom stereocenters. The van der Waals surface area contributed by atoms with Gasteiger partial charge < -0.3 is 15.4 Å². The van der Waals surface area contributed by atoms with Crippen molar-refractivity contribution in [2.75, 3.05) is 45.6 Å². The fourth-order valence-corrected chi connectivity index (χ4v) is 2.83. The molecule has 1 saturated heterocycles. The van der Waals surface area contributed by atoms with Crippen molar-refractivity contribution in [1.82, 2.24) is 4.90 Å². The summed E-state index contributed by atoms with van der Waals surface area (Å²) in [4.78, 5) is 13.9. The van der Waals surface area contributed by atoms with Crippen molar-refractivity contribution in [3.8, 4) is 0 Å². The summed E-state index contributed by atoms with van der Waals surface area (Å²) in [5.74, 6) is -0.165. The molecule has 1 fully saturated rings. The Morgan fingerprint density at radius 1 is 1.38 bits per heavy atom. The summed E-state index contributed by atoms with van der Waals surface area (Å²) in [5.41, 5.74) is 4.67. The Bertz CT molecular complexity index is 602. The number of anilines is 1. The lowest BCUT2D eigenvalue weighted by Crippen LogP contribution is -2.48. The van der Waals surface area contributed by atoms with E-state index in [1.807, 2.05) is 0 Å². The number of rotatable bonds is 4. The van der Waals surface area contributed by atoms with Gasteiger partial charge in [-0.05, 0) is 6.07 Å². The highest BCUT2D eigenvalue weighted by Gasteiger charge is 2.35. The Balaban J connectivity index is 2.10. The predicted molar refractivity (Wildman–Crippen MR) is 83.9 cm³/mol. The number of hydrogen-bond donors (Lipinski definition) is 1. The van der Waals surface area contributed by atoms with Crippen molar-refractivity contribution in [2.45, 2.75) is 12.7 Å². The van der Waals surface area contributed by atoms with Gasteiger partial charge in [0, 0.05) is 18.7 Å². The van der Waals surface area contributed by atoms with Gasteiger partial charge in [0.2, 0.25) is 0 Å². The van der Waals surface area contributed by atoms with Crippen LogP contribution in [0.2, 0.25) is 0 Å². The van der Waals surface area contributed by atoms with Crippen LogP contribution in [0.3, 0.4) is 0 Å². The normalized spacial score (nSPS) is 18.3. The van der Waals surface area contributed by atoms with Crippen LogP contribution >= 0.6 is 11.8 Å². The summed E-state index contributed by atoms with van der Waals surface area (Å²) < 4.78 is 43.6. The molecule has 0 aromatic heterocycles. The Labute approximate surface area is 143 Å². The third-order valence-electron chi connectivity index (χ3n) is 3.83. The van der Waals surface area contributed by atoms with E-state index in [1.165, 1.54) is 12.1 Å². The molecule has 5 nitrogen and oxygen atoms in total. The predicted octanol–water partition coefficient (Wildman–Crippen LogP) is 2.25. The van der Waals surface area contributed by atoms with Crippen LogP contribution in [0.15, 0.2) is 18.2 Å². The van der Waals surface area contributed by atoms with Gasteiger partial charge in [-0.25, -0.2) is 4.00 Å². The van der Waals surface area contributed by atoms with E-state index >= 15 is 0 Å². The minimum Gasteiger partial charge on any atom is -0.398 e. The fraction of sp³-hybridized carbons (Fsp3) is 0.533. The van der Waals surface area contributed by atoms with Crippen LogP contribution in [-0.2, 0) is 22.3 Å². The second-order valence-corrected chi connectivity index (χ2v) is 6.77. The molecule has 1 atom stereocenters. The van der Waals surface area contributed by atoms with E-state index in [4.69, 9.17) is 22.2 Å². The molecule has 1 aromatic carbocycles. The maximum Gasteiger partial charge on any atom is 0.418 e. The summed E-state index contributed by atoms with van der Waals surface area (Å²) in [6.07, 6.45) is -4.53. The van der Waals surface area contributed by atoms with Crippen LogP contribution in [-0.4, -0.2) is 54.7 Å². The lowest BCUT2D eigenvalue weighted by atomic mass is 10.1. The number of likely N-dealkylation sites (N-methyl/N-ethyl adjacent to an activating group) is 1. The molecule has 9 heteroatoms. The topological polar surface area (TPSA) is 55.6 Å². The monoisotopic (exact) mass is 366 g/mol. The zero-order chi connectivity index (χ0) is 18.0. The van der Waals surface area contributed by atoms with E-state index in [0.29, 0.717) is 26.3 Å². The molecule has 2 rings (SSSR count). The third-order valence-corrected chi connectivity index (χ3v) is 4.07. The Morgan fingerprint density at radius 3 is 2.58 bits per heavy atom. The van der Waals surface area contributed by atoms with Gasteiger partial charge in [0.1, 0.15) is 6.54 Å². The largest absolute Gasteiger partial charge is 0.418 e. The average Bonchev–Trinajstić information content (AvgIpc) is 2.48. The van der Waals surface area contributed by atoms with Crippen molar-refractivity contribution in [3.63, 3.8) is 0 Å². The number of nitrogens with two attached hydrogens (primary N) is 1. The highest BCUT2D eigenvalue weighted by atomic mass is 35.5. The second kappa shape index (κ2) is 7.16. The summed E-state index contributed by atoms with van der Waals surface area (Å²) in [7, 11) is 1.57. The van der Waals surface area contributed by atoms with E-state index in [9.17, 15) is 18.0 Å². The van der Waals surface area contributed by atoms with Gasteiger partial charge in [-0.3, -0.25) is 4.79 Å². The van der Waals surface area contributed by atoms with Gasteiger partial charge in [-0.1, -0.05) is 12.1 Å². The second-order valence-electron chi connectivity index (χ2n) is 5.95. The lowest BCUT2D eigenvalue weighted by molar-refractivity contribution is -0.799. The van der Waals surface area contributed by atoms with Gasteiger partial charge in [0.05, 0.1) is 31.5 Å².